The molecule has 37 heavy (non-hydrogen) atoms. The predicted octanol–water partition coefficient (Wildman–Crippen LogP) is 7.07. The van der Waals surface area contributed by atoms with Gasteiger partial charge >= 0.3 is 0 Å². The van der Waals surface area contributed by atoms with Gasteiger partial charge in [-0.05, 0) is 24.6 Å². The van der Waals surface area contributed by atoms with E-state index >= 15 is 0 Å². The van der Waals surface area contributed by atoms with E-state index in [9.17, 15) is 0 Å². The van der Waals surface area contributed by atoms with E-state index in [0.717, 1.165) is 51.4 Å². The van der Waals surface area contributed by atoms with Gasteiger partial charge in [-0.1, -0.05) is 66.7 Å². The highest BCUT2D eigenvalue weighted by molar-refractivity contribution is 6.09. The normalized spacial score (nSPS) is 13.2. The Balaban J connectivity index is 2.08. The van der Waals surface area contributed by atoms with Crippen molar-refractivity contribution in [2.45, 2.75) is 73.6 Å². The Bertz CT molecular complexity index is 1340. The number of hydrogen-bond acceptors (Lipinski definition) is 6. The maximum Gasteiger partial charge on any atom is 0.162 e. The van der Waals surface area contributed by atoms with Crippen LogP contribution in [0.3, 0.4) is 0 Å². The number of nitrogen functional groups attached to an aromatic ring is 1. The zero-order chi connectivity index (χ0) is 27.5. The molecule has 0 saturated carbocycles. The third-order valence-corrected chi connectivity index (χ3v) is 6.33. The van der Waals surface area contributed by atoms with E-state index in [1.54, 1.807) is 20.3 Å². The van der Waals surface area contributed by atoms with Crippen molar-refractivity contribution in [2.75, 3.05) is 20.0 Å². The lowest BCUT2D eigenvalue weighted by molar-refractivity contribution is 0.355. The topological polar surface area (TPSA) is 82.6 Å². The molecule has 0 amide bonds. The molecular formula is C31H42N4O2. The molecule has 0 aliphatic rings. The Labute approximate surface area is 222 Å². The minimum Gasteiger partial charge on any atom is -0.493 e. The molecule has 198 valence electrons. The van der Waals surface area contributed by atoms with Crippen molar-refractivity contribution in [3.63, 3.8) is 0 Å². The molecule has 0 bridgehead atoms. The zero-order valence-electron chi connectivity index (χ0n) is 24.1. The van der Waals surface area contributed by atoms with E-state index in [2.05, 4.69) is 72.7 Å². The number of aryl methyl sites for hydroxylation is 1. The Hall–Kier alpha value is -3.41. The van der Waals surface area contributed by atoms with Crippen LogP contribution in [0.15, 0.2) is 47.1 Å². The maximum absolute atomic E-state index is 6.48. The fraction of sp³-hybridized carbons (Fsp3) is 0.452. The van der Waals surface area contributed by atoms with Gasteiger partial charge in [-0.15, -0.1) is 0 Å². The zero-order valence-corrected chi connectivity index (χ0v) is 24.1. The molecule has 1 aromatic heterocycles. The van der Waals surface area contributed by atoms with Crippen LogP contribution in [0.1, 0.15) is 78.0 Å². The van der Waals surface area contributed by atoms with Crippen LogP contribution in [0.4, 0.5) is 5.69 Å². The quantitative estimate of drug-likeness (QED) is 0.276. The van der Waals surface area contributed by atoms with Crippen LogP contribution in [0.2, 0.25) is 0 Å². The summed E-state index contributed by atoms with van der Waals surface area (Å²) in [7, 11) is 3.23. The fourth-order valence-corrected chi connectivity index (χ4v) is 4.35. The molecule has 0 atom stereocenters. The largest absolute Gasteiger partial charge is 0.493 e. The molecule has 6 nitrogen and oxygen atoms in total. The third-order valence-electron chi connectivity index (χ3n) is 6.33. The molecule has 0 fully saturated rings. The van der Waals surface area contributed by atoms with Crippen LogP contribution in [0.25, 0.3) is 10.9 Å². The van der Waals surface area contributed by atoms with Crippen molar-refractivity contribution >= 4 is 22.3 Å². The van der Waals surface area contributed by atoms with Crippen molar-refractivity contribution < 1.29 is 9.47 Å². The van der Waals surface area contributed by atoms with Gasteiger partial charge in [0.15, 0.2) is 11.5 Å². The molecule has 6 heteroatoms. The summed E-state index contributed by atoms with van der Waals surface area (Å²) in [6.45, 7) is 17.1. The standard InChI is InChI=1S/C31H42N4O2/c1-11-20(33-29(31(6,7)8)22-17-25(36-9)26(37-10)18-23(22)32)15-19-13-14-21-24(16-19)34-27(12-2)35-28(21)30(3,4)5/h11,13-14,16-18H,12,15,32H2,1-10H3/b20-11-,33-29+. The van der Waals surface area contributed by atoms with E-state index in [1.807, 2.05) is 13.0 Å². The monoisotopic (exact) mass is 502 g/mol. The minimum atomic E-state index is -0.254. The summed E-state index contributed by atoms with van der Waals surface area (Å²) >= 11 is 0. The van der Waals surface area contributed by atoms with Gasteiger partial charge in [0.25, 0.3) is 0 Å². The molecule has 2 aromatic carbocycles. The van der Waals surface area contributed by atoms with Gasteiger partial charge in [-0.2, -0.15) is 0 Å². The van der Waals surface area contributed by atoms with Crippen LogP contribution >= 0.6 is 0 Å². The molecular weight excluding hydrogens is 460 g/mol. The van der Waals surface area contributed by atoms with Gasteiger partial charge in [-0.3, -0.25) is 4.99 Å². The third kappa shape index (κ3) is 6.30. The molecule has 3 aromatic rings. The number of nitrogens with two attached hydrogens (primary N) is 1. The van der Waals surface area contributed by atoms with Crippen LogP contribution in [-0.4, -0.2) is 29.9 Å². The number of rotatable bonds is 7. The summed E-state index contributed by atoms with van der Waals surface area (Å²) in [4.78, 5) is 14.9. The van der Waals surface area contributed by atoms with Crippen molar-refractivity contribution in [3.8, 4) is 11.5 Å². The Morgan fingerprint density at radius 2 is 1.62 bits per heavy atom. The lowest BCUT2D eigenvalue weighted by Crippen LogP contribution is -2.23. The first-order valence-electron chi connectivity index (χ1n) is 12.9. The lowest BCUT2D eigenvalue weighted by Gasteiger charge is -2.25. The lowest BCUT2D eigenvalue weighted by atomic mass is 9.84. The van der Waals surface area contributed by atoms with Gasteiger partial charge in [0, 0.05) is 52.1 Å². The predicted molar refractivity (Wildman–Crippen MR) is 155 cm³/mol. The molecule has 2 N–H and O–H groups in total. The molecule has 0 spiro atoms. The second kappa shape index (κ2) is 10.9. The number of allylic oxidation sites excluding steroid dienone is 2. The van der Waals surface area contributed by atoms with Gasteiger partial charge in [0.2, 0.25) is 0 Å². The van der Waals surface area contributed by atoms with Gasteiger partial charge in [-0.25, -0.2) is 9.97 Å². The highest BCUT2D eigenvalue weighted by atomic mass is 16.5. The molecule has 0 aliphatic heterocycles. The number of nitrogens with zero attached hydrogens (tertiary/aromatic N) is 3. The molecule has 0 radical (unpaired) electrons. The summed E-state index contributed by atoms with van der Waals surface area (Å²) in [5.74, 6) is 2.10. The van der Waals surface area contributed by atoms with Crippen LogP contribution in [0.5, 0.6) is 11.5 Å². The Morgan fingerprint density at radius 3 is 2.16 bits per heavy atom. The number of methoxy groups -OCH3 is 2. The summed E-state index contributed by atoms with van der Waals surface area (Å²) in [5.41, 5.74) is 12.7. The first kappa shape index (κ1) is 28.2. The summed E-state index contributed by atoms with van der Waals surface area (Å²) in [6, 6.07) is 10.2. The number of anilines is 1. The van der Waals surface area contributed by atoms with Gasteiger partial charge in [0.1, 0.15) is 5.82 Å². The van der Waals surface area contributed by atoms with Crippen molar-refractivity contribution in [1.29, 1.82) is 0 Å². The molecule has 3 rings (SSSR count). The first-order valence-corrected chi connectivity index (χ1v) is 12.9. The molecule has 0 aliphatic carbocycles. The molecule has 0 unspecified atom stereocenters. The minimum absolute atomic E-state index is 0.0631. The van der Waals surface area contributed by atoms with Crippen molar-refractivity contribution in [2.24, 2.45) is 10.4 Å². The maximum atomic E-state index is 6.48. The smallest absolute Gasteiger partial charge is 0.162 e. The van der Waals surface area contributed by atoms with E-state index in [-0.39, 0.29) is 10.8 Å². The number of hydrogen-bond donors (Lipinski definition) is 1. The van der Waals surface area contributed by atoms with Crippen molar-refractivity contribution in [1.82, 2.24) is 9.97 Å². The number of benzene rings is 2. The number of fused-ring (bicyclic) bond motifs is 1. The number of aromatic nitrogens is 2. The van der Waals surface area contributed by atoms with E-state index in [1.165, 1.54) is 0 Å². The summed E-state index contributed by atoms with van der Waals surface area (Å²) in [5, 5.41) is 1.10. The second-order valence-electron chi connectivity index (χ2n) is 11.4. The van der Waals surface area contributed by atoms with E-state index in [0.29, 0.717) is 23.6 Å². The first-order chi connectivity index (χ1) is 17.3. The fourth-order valence-electron chi connectivity index (χ4n) is 4.35. The van der Waals surface area contributed by atoms with Crippen LogP contribution in [0, 0.1) is 5.41 Å². The van der Waals surface area contributed by atoms with Gasteiger partial charge in [0.05, 0.1) is 31.1 Å². The van der Waals surface area contributed by atoms with E-state index in [4.69, 9.17) is 30.2 Å². The highest BCUT2D eigenvalue weighted by Crippen LogP contribution is 2.36. The van der Waals surface area contributed by atoms with Crippen LogP contribution < -0.4 is 15.2 Å². The average molecular weight is 503 g/mol. The number of aliphatic imine (C=N–C) groups is 1. The molecule has 1 heterocycles. The Morgan fingerprint density at radius 1 is 0.973 bits per heavy atom. The average Bonchev–Trinajstić information content (AvgIpc) is 2.84. The molecule has 0 saturated heterocycles. The van der Waals surface area contributed by atoms with E-state index < -0.39 is 0 Å². The van der Waals surface area contributed by atoms with Crippen molar-refractivity contribution in [3.05, 3.63) is 64.8 Å². The SMILES string of the molecule is C/C=C(Cc1ccc2c(C(C)(C)C)nc(CC)nc2c1)\N=C(/c1cc(OC)c(OC)cc1N)C(C)(C)C. The van der Waals surface area contributed by atoms with Gasteiger partial charge < -0.3 is 15.2 Å². The highest BCUT2D eigenvalue weighted by Gasteiger charge is 2.25. The number of ether oxygens (including phenoxy) is 2. The Kier molecular flexibility index (Phi) is 8.31. The summed E-state index contributed by atoms with van der Waals surface area (Å²) in [6.07, 6.45) is 3.54. The second-order valence-corrected chi connectivity index (χ2v) is 11.4. The van der Waals surface area contributed by atoms with Crippen LogP contribution in [-0.2, 0) is 18.3 Å². The summed E-state index contributed by atoms with van der Waals surface area (Å²) < 4.78 is 11.0.